The molecule has 1 aliphatic heterocycles. The lowest BCUT2D eigenvalue weighted by Gasteiger charge is -2.14. The first-order valence-electron chi connectivity index (χ1n) is 5.56. The smallest absolute Gasteiger partial charge is 0.351 e. The van der Waals surface area contributed by atoms with Crippen molar-refractivity contribution in [2.24, 2.45) is 0 Å². The second-order valence-corrected chi connectivity index (χ2v) is 5.74. The zero-order valence-electron chi connectivity index (χ0n) is 9.89. The van der Waals surface area contributed by atoms with Crippen molar-refractivity contribution in [2.75, 3.05) is 0 Å². The summed E-state index contributed by atoms with van der Waals surface area (Å²) >= 11 is 0. The van der Waals surface area contributed by atoms with Crippen LogP contribution in [0, 0.1) is 0 Å². The van der Waals surface area contributed by atoms with Crippen LogP contribution in [-0.4, -0.2) is 39.7 Å². The van der Waals surface area contributed by atoms with Crippen LogP contribution >= 0.6 is 7.60 Å². The fourth-order valence-electron chi connectivity index (χ4n) is 1.38. The summed E-state index contributed by atoms with van der Waals surface area (Å²) in [5.41, 5.74) is 0. The van der Waals surface area contributed by atoms with Gasteiger partial charge in [-0.15, -0.1) is 0 Å². The molecule has 1 heterocycles. The van der Waals surface area contributed by atoms with E-state index >= 15 is 0 Å². The van der Waals surface area contributed by atoms with E-state index in [1.807, 2.05) is 6.92 Å². The summed E-state index contributed by atoms with van der Waals surface area (Å²) in [5.74, 6) is 1.04. The van der Waals surface area contributed by atoms with Gasteiger partial charge in [0, 0.05) is 12.2 Å². The summed E-state index contributed by atoms with van der Waals surface area (Å²) in [7, 11) is -3.78. The van der Waals surface area contributed by atoms with Crippen LogP contribution in [0.15, 0.2) is 11.9 Å². The first kappa shape index (κ1) is 14.8. The lowest BCUT2D eigenvalue weighted by Crippen LogP contribution is -2.19. The molecule has 0 aliphatic carbocycles. The molecule has 17 heavy (non-hydrogen) atoms. The van der Waals surface area contributed by atoms with Crippen LogP contribution in [0.3, 0.4) is 0 Å². The van der Waals surface area contributed by atoms with Gasteiger partial charge in [0.25, 0.3) is 0 Å². The van der Waals surface area contributed by atoms with E-state index in [2.05, 4.69) is 0 Å². The van der Waals surface area contributed by atoms with Gasteiger partial charge in [-0.2, -0.15) is 0 Å². The van der Waals surface area contributed by atoms with E-state index in [0.717, 1.165) is 5.82 Å². The normalized spacial score (nSPS) is 35.0. The highest BCUT2D eigenvalue weighted by Crippen LogP contribution is 2.45. The number of aliphatic hydroxyl groups is 2. The second-order valence-electron chi connectivity index (χ2n) is 4.10. The first-order valence-corrected chi connectivity index (χ1v) is 7.20. The maximum atomic E-state index is 11.6. The minimum Gasteiger partial charge on any atom is -0.388 e. The third-order valence-corrected chi connectivity index (χ3v) is 3.72. The van der Waals surface area contributed by atoms with Crippen molar-refractivity contribution >= 4 is 7.60 Å². The van der Waals surface area contributed by atoms with Gasteiger partial charge >= 0.3 is 7.60 Å². The first-order chi connectivity index (χ1) is 7.84. The molecule has 0 aromatic carbocycles. The monoisotopic (exact) mass is 266 g/mol. The summed E-state index contributed by atoms with van der Waals surface area (Å²) in [6.07, 6.45) is -0.909. The van der Waals surface area contributed by atoms with Crippen molar-refractivity contribution in [3.8, 4) is 0 Å². The Morgan fingerprint density at radius 1 is 1.59 bits per heavy atom. The van der Waals surface area contributed by atoms with Gasteiger partial charge in [-0.1, -0.05) is 6.92 Å². The van der Waals surface area contributed by atoms with E-state index in [1.54, 1.807) is 6.92 Å². The molecule has 0 spiro atoms. The maximum absolute atomic E-state index is 11.6. The average molecular weight is 266 g/mol. The van der Waals surface area contributed by atoms with Crippen LogP contribution in [0.1, 0.15) is 26.7 Å². The molecule has 0 aromatic rings. The highest BCUT2D eigenvalue weighted by molar-refractivity contribution is 7.56. The summed E-state index contributed by atoms with van der Waals surface area (Å²) in [6, 6.07) is 0. The topological polar surface area (TPSA) is 96.2 Å². The van der Waals surface area contributed by atoms with Crippen LogP contribution in [-0.2, 0) is 13.8 Å². The lowest BCUT2D eigenvalue weighted by molar-refractivity contribution is -0.119. The molecule has 5 unspecified atom stereocenters. The van der Waals surface area contributed by atoms with E-state index in [0.29, 0.717) is 6.42 Å². The van der Waals surface area contributed by atoms with E-state index in [9.17, 15) is 14.6 Å². The Kier molecular flexibility index (Phi) is 5.31. The summed E-state index contributed by atoms with van der Waals surface area (Å²) < 4.78 is 21.4. The predicted molar refractivity (Wildman–Crippen MR) is 61.3 cm³/mol. The minimum absolute atomic E-state index is 0.195. The Bertz CT molecular complexity index is 308. The number of ether oxygens (including phenoxy) is 1. The zero-order valence-corrected chi connectivity index (χ0v) is 10.8. The molecular weight excluding hydrogens is 247 g/mol. The zero-order chi connectivity index (χ0) is 13.1. The van der Waals surface area contributed by atoms with Crippen LogP contribution in [0.2, 0.25) is 0 Å². The quantitative estimate of drug-likeness (QED) is 0.642. The van der Waals surface area contributed by atoms with Gasteiger partial charge in [-0.3, -0.25) is 4.57 Å². The Balaban J connectivity index is 2.50. The van der Waals surface area contributed by atoms with E-state index in [4.69, 9.17) is 14.4 Å². The fraction of sp³-hybridized carbons (Fsp3) is 0.800. The average Bonchev–Trinajstić information content (AvgIpc) is 2.55. The molecule has 0 aromatic heterocycles. The van der Waals surface area contributed by atoms with Crippen molar-refractivity contribution in [3.05, 3.63) is 11.9 Å². The molecule has 100 valence electrons. The minimum atomic E-state index is -3.78. The van der Waals surface area contributed by atoms with Gasteiger partial charge in [0.15, 0.2) is 6.29 Å². The van der Waals surface area contributed by atoms with E-state index in [-0.39, 0.29) is 12.5 Å². The predicted octanol–water partition coefficient (Wildman–Crippen LogP) is 0.969. The van der Waals surface area contributed by atoms with Crippen molar-refractivity contribution in [1.82, 2.24) is 0 Å². The molecule has 3 N–H and O–H groups in total. The molecule has 0 bridgehead atoms. The second kappa shape index (κ2) is 6.09. The molecule has 1 rings (SSSR count). The molecule has 0 radical (unpaired) electrons. The molecule has 1 saturated heterocycles. The molecule has 1 fully saturated rings. The summed E-state index contributed by atoms with van der Waals surface area (Å²) in [4.78, 5) is 9.47. The Hall–Kier alpha value is -0.230. The molecule has 5 atom stereocenters. The van der Waals surface area contributed by atoms with E-state index in [1.165, 1.54) is 6.08 Å². The summed E-state index contributed by atoms with van der Waals surface area (Å²) in [5, 5.41) is 18.3. The van der Waals surface area contributed by atoms with Crippen LogP contribution < -0.4 is 0 Å². The highest BCUT2D eigenvalue weighted by Gasteiger charge is 2.31. The maximum Gasteiger partial charge on any atom is 0.351 e. The van der Waals surface area contributed by atoms with Crippen LogP contribution in [0.5, 0.6) is 0 Å². The van der Waals surface area contributed by atoms with Gasteiger partial charge in [0.05, 0.1) is 12.2 Å². The molecule has 0 amide bonds. The number of hydrogen-bond acceptors (Lipinski definition) is 5. The molecule has 7 heteroatoms. The molecule has 1 aliphatic rings. The van der Waals surface area contributed by atoms with Gasteiger partial charge in [0.2, 0.25) is 0 Å². The number of aliphatic hydroxyl groups excluding tert-OH is 2. The van der Waals surface area contributed by atoms with Crippen LogP contribution in [0.25, 0.3) is 0 Å². The lowest BCUT2D eigenvalue weighted by atomic mass is 10.2. The fourth-order valence-corrected chi connectivity index (χ4v) is 2.52. The van der Waals surface area contributed by atoms with Crippen LogP contribution in [0.4, 0.5) is 0 Å². The SMILES string of the molecule is CCC(C)OP(=O)(O)C=CC1CC(O)C(O)O1. The van der Waals surface area contributed by atoms with Gasteiger partial charge < -0.3 is 24.4 Å². The third kappa shape index (κ3) is 4.87. The van der Waals surface area contributed by atoms with Crippen molar-refractivity contribution in [2.45, 2.75) is 51.3 Å². The van der Waals surface area contributed by atoms with Gasteiger partial charge in [-0.25, -0.2) is 0 Å². The van der Waals surface area contributed by atoms with Gasteiger partial charge in [-0.05, 0) is 19.4 Å². The Morgan fingerprint density at radius 2 is 2.24 bits per heavy atom. The van der Waals surface area contributed by atoms with Crippen molar-refractivity contribution in [1.29, 1.82) is 0 Å². The highest BCUT2D eigenvalue weighted by atomic mass is 31.2. The molecule has 6 nitrogen and oxygen atoms in total. The Labute approximate surface area is 100 Å². The summed E-state index contributed by atoms with van der Waals surface area (Å²) in [6.45, 7) is 3.55. The number of rotatable bonds is 5. The largest absolute Gasteiger partial charge is 0.388 e. The third-order valence-electron chi connectivity index (χ3n) is 2.51. The Morgan fingerprint density at radius 3 is 2.71 bits per heavy atom. The van der Waals surface area contributed by atoms with Gasteiger partial charge in [0.1, 0.15) is 6.10 Å². The standard InChI is InChI=1S/C10H19O6P/c1-3-7(2)16-17(13,14)5-4-8-6-9(11)10(12)15-8/h4-5,7-12H,3,6H2,1-2H3,(H,13,14). The van der Waals surface area contributed by atoms with Crippen molar-refractivity contribution < 1.29 is 28.9 Å². The number of hydrogen-bond donors (Lipinski definition) is 3. The molecule has 0 saturated carbocycles. The van der Waals surface area contributed by atoms with E-state index < -0.39 is 26.1 Å². The van der Waals surface area contributed by atoms with Crippen molar-refractivity contribution in [3.63, 3.8) is 0 Å². The molecular formula is C10H19O6P.